The van der Waals surface area contributed by atoms with Gasteiger partial charge in [0.1, 0.15) is 16.7 Å². The van der Waals surface area contributed by atoms with Crippen molar-refractivity contribution in [1.29, 1.82) is 5.26 Å². The monoisotopic (exact) mass is 203 g/mol. The fourth-order valence-electron chi connectivity index (χ4n) is 0.758. The van der Waals surface area contributed by atoms with Crippen LogP contribution in [0.15, 0.2) is 18.2 Å². The number of alkyl halides is 2. The maximum Gasteiger partial charge on any atom is 0.141 e. The molecule has 0 unspecified atom stereocenters. The fourth-order valence-corrected chi connectivity index (χ4v) is 1.03. The first-order valence-corrected chi connectivity index (χ1v) is 4.00. The molecule has 0 aliphatic carbocycles. The number of nitriles is 1. The Morgan fingerprint density at radius 3 is 2.50 bits per heavy atom. The Morgan fingerprint density at radius 2 is 2.08 bits per heavy atom. The zero-order valence-corrected chi connectivity index (χ0v) is 7.40. The van der Waals surface area contributed by atoms with Crippen LogP contribution in [0, 0.1) is 17.1 Å². The van der Waals surface area contributed by atoms with Gasteiger partial charge in [0.2, 0.25) is 0 Å². The van der Waals surface area contributed by atoms with Gasteiger partial charge >= 0.3 is 0 Å². The first-order valence-electron chi connectivity index (χ1n) is 3.13. The van der Waals surface area contributed by atoms with Crippen LogP contribution in [0.5, 0.6) is 0 Å². The average Bonchev–Trinajstić information content (AvgIpc) is 2.04. The third-order valence-corrected chi connectivity index (χ3v) is 1.87. The SMILES string of the molecule is N#Cc1ccc(C(Cl)Cl)cc1F. The number of hydrogen-bond donors (Lipinski definition) is 0. The van der Waals surface area contributed by atoms with Crippen molar-refractivity contribution in [2.75, 3.05) is 0 Å². The lowest BCUT2D eigenvalue weighted by Gasteiger charge is -2.01. The first kappa shape index (κ1) is 9.31. The van der Waals surface area contributed by atoms with Gasteiger partial charge in [0.25, 0.3) is 0 Å². The van der Waals surface area contributed by atoms with Crippen molar-refractivity contribution in [3.8, 4) is 6.07 Å². The summed E-state index contributed by atoms with van der Waals surface area (Å²) in [6, 6.07) is 5.73. The van der Waals surface area contributed by atoms with E-state index in [9.17, 15) is 4.39 Å². The van der Waals surface area contributed by atoms with E-state index < -0.39 is 10.7 Å². The van der Waals surface area contributed by atoms with Crippen molar-refractivity contribution in [2.45, 2.75) is 4.84 Å². The lowest BCUT2D eigenvalue weighted by Crippen LogP contribution is -1.87. The highest BCUT2D eigenvalue weighted by Crippen LogP contribution is 2.25. The van der Waals surface area contributed by atoms with E-state index in [0.29, 0.717) is 5.56 Å². The van der Waals surface area contributed by atoms with Crippen molar-refractivity contribution in [3.63, 3.8) is 0 Å². The van der Waals surface area contributed by atoms with Crippen LogP contribution in [0.2, 0.25) is 0 Å². The number of nitrogens with zero attached hydrogens (tertiary/aromatic N) is 1. The Labute approximate surface area is 79.3 Å². The Kier molecular flexibility index (Phi) is 2.91. The van der Waals surface area contributed by atoms with Crippen LogP contribution >= 0.6 is 23.2 Å². The third kappa shape index (κ3) is 1.88. The van der Waals surface area contributed by atoms with Crippen LogP contribution < -0.4 is 0 Å². The van der Waals surface area contributed by atoms with E-state index in [-0.39, 0.29) is 5.56 Å². The van der Waals surface area contributed by atoms with Gasteiger partial charge in [-0.15, -0.1) is 23.2 Å². The molecule has 0 heterocycles. The van der Waals surface area contributed by atoms with Gasteiger partial charge in [-0.3, -0.25) is 0 Å². The Hall–Kier alpha value is -0.780. The van der Waals surface area contributed by atoms with Crippen LogP contribution in [0.1, 0.15) is 16.0 Å². The van der Waals surface area contributed by atoms with Gasteiger partial charge in [-0.1, -0.05) is 6.07 Å². The second kappa shape index (κ2) is 3.75. The highest BCUT2D eigenvalue weighted by atomic mass is 35.5. The van der Waals surface area contributed by atoms with Crippen LogP contribution in [0.3, 0.4) is 0 Å². The molecule has 0 fully saturated rings. The van der Waals surface area contributed by atoms with E-state index in [1.165, 1.54) is 12.1 Å². The maximum atomic E-state index is 12.9. The van der Waals surface area contributed by atoms with Crippen molar-refractivity contribution < 1.29 is 4.39 Å². The molecule has 12 heavy (non-hydrogen) atoms. The second-order valence-electron chi connectivity index (χ2n) is 2.15. The minimum absolute atomic E-state index is 0.00673. The van der Waals surface area contributed by atoms with Crippen LogP contribution in [-0.2, 0) is 0 Å². The van der Waals surface area contributed by atoms with E-state index in [2.05, 4.69) is 0 Å². The summed E-state index contributed by atoms with van der Waals surface area (Å²) in [5, 5.41) is 8.39. The van der Waals surface area contributed by atoms with E-state index in [1.807, 2.05) is 0 Å². The van der Waals surface area contributed by atoms with Crippen molar-refractivity contribution in [3.05, 3.63) is 35.1 Å². The molecular weight excluding hydrogens is 200 g/mol. The minimum Gasteiger partial charge on any atom is -0.206 e. The molecule has 1 aromatic carbocycles. The Balaban J connectivity index is 3.12. The number of halogens is 3. The summed E-state index contributed by atoms with van der Waals surface area (Å²) in [4.78, 5) is -0.757. The molecule has 0 aromatic heterocycles. The molecule has 0 radical (unpaired) electrons. The maximum absolute atomic E-state index is 12.9. The summed E-state index contributed by atoms with van der Waals surface area (Å²) in [6.07, 6.45) is 0. The molecule has 1 aromatic rings. The Morgan fingerprint density at radius 1 is 1.42 bits per heavy atom. The Bertz CT molecular complexity index is 330. The molecule has 62 valence electrons. The number of benzene rings is 1. The van der Waals surface area contributed by atoms with Gasteiger partial charge in [0.15, 0.2) is 0 Å². The van der Waals surface area contributed by atoms with Crippen molar-refractivity contribution in [2.24, 2.45) is 0 Å². The molecule has 4 heteroatoms. The quantitative estimate of drug-likeness (QED) is 0.644. The largest absolute Gasteiger partial charge is 0.206 e. The van der Waals surface area contributed by atoms with Gasteiger partial charge in [0, 0.05) is 0 Å². The molecule has 0 saturated heterocycles. The smallest absolute Gasteiger partial charge is 0.141 e. The van der Waals surface area contributed by atoms with E-state index in [1.54, 1.807) is 6.07 Å². The van der Waals surface area contributed by atoms with Gasteiger partial charge in [-0.2, -0.15) is 5.26 Å². The van der Waals surface area contributed by atoms with Gasteiger partial charge < -0.3 is 0 Å². The predicted octanol–water partition coefficient (Wildman–Crippen LogP) is 3.17. The molecule has 0 spiro atoms. The zero-order valence-electron chi connectivity index (χ0n) is 5.89. The molecule has 1 nitrogen and oxygen atoms in total. The molecule has 0 N–H and O–H groups in total. The lowest BCUT2D eigenvalue weighted by atomic mass is 10.1. The first-order chi connectivity index (χ1) is 5.65. The molecule has 0 bridgehead atoms. The number of rotatable bonds is 1. The highest BCUT2D eigenvalue weighted by molar-refractivity contribution is 6.44. The van der Waals surface area contributed by atoms with Crippen LogP contribution in [0.4, 0.5) is 4.39 Å². The summed E-state index contributed by atoms with van der Waals surface area (Å²) in [5.41, 5.74) is 0.447. The van der Waals surface area contributed by atoms with Crippen LogP contribution in [0.25, 0.3) is 0 Å². The number of hydrogen-bond acceptors (Lipinski definition) is 1. The molecule has 0 atom stereocenters. The standard InChI is InChI=1S/C8H4Cl2FN/c9-8(10)5-1-2-6(4-12)7(11)3-5/h1-3,8H. The van der Waals surface area contributed by atoms with E-state index in [4.69, 9.17) is 28.5 Å². The summed E-state index contributed by atoms with van der Waals surface area (Å²) < 4.78 is 12.9. The highest BCUT2D eigenvalue weighted by Gasteiger charge is 2.07. The topological polar surface area (TPSA) is 23.8 Å². The van der Waals surface area contributed by atoms with Crippen molar-refractivity contribution >= 4 is 23.2 Å². The normalized spacial score (nSPS) is 9.92. The van der Waals surface area contributed by atoms with Gasteiger partial charge in [-0.25, -0.2) is 4.39 Å². The molecular formula is C8H4Cl2FN. The molecule has 1 rings (SSSR count). The van der Waals surface area contributed by atoms with E-state index >= 15 is 0 Å². The second-order valence-corrected chi connectivity index (χ2v) is 3.25. The molecule has 0 aliphatic rings. The zero-order chi connectivity index (χ0) is 9.14. The van der Waals surface area contributed by atoms with E-state index in [0.717, 1.165) is 6.07 Å². The summed E-state index contributed by atoms with van der Waals surface area (Å²) in [5.74, 6) is -0.596. The summed E-state index contributed by atoms with van der Waals surface area (Å²) in [6.45, 7) is 0. The lowest BCUT2D eigenvalue weighted by molar-refractivity contribution is 0.622. The molecule has 0 saturated carbocycles. The minimum atomic E-state index is -0.757. The fraction of sp³-hybridized carbons (Fsp3) is 0.125. The van der Waals surface area contributed by atoms with Gasteiger partial charge in [-0.05, 0) is 17.7 Å². The van der Waals surface area contributed by atoms with Crippen molar-refractivity contribution in [1.82, 2.24) is 0 Å². The average molecular weight is 204 g/mol. The van der Waals surface area contributed by atoms with Crippen LogP contribution in [-0.4, -0.2) is 0 Å². The molecule has 0 aliphatic heterocycles. The summed E-state index contributed by atoms with van der Waals surface area (Å²) in [7, 11) is 0. The summed E-state index contributed by atoms with van der Waals surface area (Å²) >= 11 is 11.0. The predicted molar refractivity (Wildman–Crippen MR) is 45.6 cm³/mol. The third-order valence-electron chi connectivity index (χ3n) is 1.37. The van der Waals surface area contributed by atoms with Gasteiger partial charge in [0.05, 0.1) is 5.56 Å². The molecule has 0 amide bonds.